The van der Waals surface area contributed by atoms with Gasteiger partial charge in [-0.2, -0.15) is 0 Å². The van der Waals surface area contributed by atoms with E-state index >= 15 is 0 Å². The lowest BCUT2D eigenvalue weighted by atomic mass is 9.91. The van der Waals surface area contributed by atoms with Crippen LogP contribution in [0.25, 0.3) is 0 Å². The maximum absolute atomic E-state index is 11.8. The number of fused-ring (bicyclic) bond motifs is 1. The van der Waals surface area contributed by atoms with Gasteiger partial charge in [-0.25, -0.2) is 0 Å². The number of benzene rings is 1. The Morgan fingerprint density at radius 2 is 1.91 bits per heavy atom. The summed E-state index contributed by atoms with van der Waals surface area (Å²) < 4.78 is 45.8. The summed E-state index contributed by atoms with van der Waals surface area (Å²) in [6.45, 7) is 0. The molecule has 0 unspecified atom stereocenters. The van der Waals surface area contributed by atoms with Crippen LogP contribution in [0.2, 0.25) is 0 Å². The molecule has 1 nitrogen and oxygen atoms in total. The molecule has 1 aromatic rings. The van der Waals surface area contributed by atoms with Gasteiger partial charge in [-0.15, -0.1) is 0 Å². The molecule has 1 heteroatoms. The van der Waals surface area contributed by atoms with E-state index in [9.17, 15) is 4.79 Å². The molecule has 0 saturated heterocycles. The Morgan fingerprint density at radius 1 is 1.18 bits per heavy atom. The summed E-state index contributed by atoms with van der Waals surface area (Å²) in [5.74, 6) is -1.37. The predicted molar refractivity (Wildman–Crippen MR) is 43.5 cm³/mol. The van der Waals surface area contributed by atoms with Gasteiger partial charge in [-0.3, -0.25) is 4.79 Å². The third kappa shape index (κ3) is 1.18. The largest absolute Gasteiger partial charge is 0.299 e. The van der Waals surface area contributed by atoms with Gasteiger partial charge in [0, 0.05) is 21.0 Å². The van der Waals surface area contributed by atoms with Crippen LogP contribution in [0.15, 0.2) is 24.3 Å². The first-order chi connectivity index (χ1) is 7.63. The SMILES string of the molecule is [2H]C1([2H])C(=O)C([2H])([2H])C([2H])([2H])c2ccccc21. The lowest BCUT2D eigenvalue weighted by molar-refractivity contribution is -0.118. The average molecular weight is 152 g/mol. The molecule has 2 rings (SSSR count). The Labute approximate surface area is 74.5 Å². The standard InChI is InChI=1S/C10H10O/c11-10-6-5-8-3-1-2-4-9(8)7-10/h1-4H,5-7H2/i5D2,6D2,7D2. The molecule has 0 heterocycles. The maximum atomic E-state index is 11.8. The Kier molecular flexibility index (Phi) is 0.622. The van der Waals surface area contributed by atoms with Gasteiger partial charge in [0.2, 0.25) is 0 Å². The quantitative estimate of drug-likeness (QED) is 0.553. The molecular formula is C10H10O. The van der Waals surface area contributed by atoms with Gasteiger partial charge in [-0.05, 0) is 17.5 Å². The zero-order valence-electron chi connectivity index (χ0n) is 11.7. The minimum absolute atomic E-state index is 0.0925. The number of carbonyl (C=O) groups is 1. The van der Waals surface area contributed by atoms with Gasteiger partial charge in [0.1, 0.15) is 5.78 Å². The van der Waals surface area contributed by atoms with Crippen LogP contribution in [0.5, 0.6) is 0 Å². The molecule has 1 aromatic carbocycles. The second kappa shape index (κ2) is 2.50. The van der Waals surface area contributed by atoms with E-state index in [1.165, 1.54) is 24.3 Å². The summed E-state index contributed by atoms with van der Waals surface area (Å²) in [4.78, 5) is 11.8. The van der Waals surface area contributed by atoms with Gasteiger partial charge in [0.15, 0.2) is 0 Å². The number of hydrogen-bond donors (Lipinski definition) is 0. The van der Waals surface area contributed by atoms with Gasteiger partial charge in [0.05, 0.1) is 0 Å². The number of hydrogen-bond acceptors (Lipinski definition) is 1. The molecule has 0 saturated carbocycles. The average Bonchev–Trinajstić information content (AvgIpc) is 2.26. The summed E-state index contributed by atoms with van der Waals surface area (Å²) >= 11 is 0. The Hall–Kier alpha value is -1.11. The molecule has 0 aliphatic heterocycles. The first kappa shape index (κ1) is 2.74. The molecule has 0 radical (unpaired) electrons. The van der Waals surface area contributed by atoms with Crippen molar-refractivity contribution in [3.8, 4) is 0 Å². The number of Topliss-reactive ketones (excluding diaryl/α,β-unsaturated/α-hetero) is 1. The van der Waals surface area contributed by atoms with Gasteiger partial charge in [0.25, 0.3) is 0 Å². The number of carbonyl (C=O) groups excluding carboxylic acids is 1. The first-order valence-corrected chi connectivity index (χ1v) is 3.28. The summed E-state index contributed by atoms with van der Waals surface area (Å²) in [6, 6.07) is 5.64. The Balaban J connectivity index is 2.82. The normalized spacial score (nSPS) is 38.0. The van der Waals surface area contributed by atoms with Crippen molar-refractivity contribution in [2.75, 3.05) is 0 Å². The van der Waals surface area contributed by atoms with Crippen LogP contribution < -0.4 is 0 Å². The summed E-state index contributed by atoms with van der Waals surface area (Å²) in [7, 11) is 0. The van der Waals surface area contributed by atoms with Crippen molar-refractivity contribution in [1.29, 1.82) is 0 Å². The topological polar surface area (TPSA) is 17.1 Å². The zero-order valence-corrected chi connectivity index (χ0v) is 5.72. The number of aryl methyl sites for hydroxylation is 1. The molecule has 0 amide bonds. The Morgan fingerprint density at radius 3 is 2.73 bits per heavy atom. The smallest absolute Gasteiger partial charge is 0.137 e. The van der Waals surface area contributed by atoms with Gasteiger partial charge < -0.3 is 0 Å². The van der Waals surface area contributed by atoms with Crippen molar-refractivity contribution < 1.29 is 13.0 Å². The van der Waals surface area contributed by atoms with Crippen LogP contribution in [0.4, 0.5) is 0 Å². The predicted octanol–water partition coefficient (Wildman–Crippen LogP) is 1.74. The molecular weight excluding hydrogens is 136 g/mol. The van der Waals surface area contributed by atoms with Crippen molar-refractivity contribution >= 4 is 5.78 Å². The molecule has 0 aromatic heterocycles. The van der Waals surface area contributed by atoms with Crippen LogP contribution in [0, 0.1) is 0 Å². The van der Waals surface area contributed by atoms with E-state index in [4.69, 9.17) is 8.22 Å². The Bertz CT molecular complexity index is 493. The van der Waals surface area contributed by atoms with E-state index in [0.29, 0.717) is 0 Å². The molecule has 0 atom stereocenters. The van der Waals surface area contributed by atoms with Crippen LogP contribution in [-0.4, -0.2) is 5.78 Å². The van der Waals surface area contributed by atoms with E-state index in [1.54, 1.807) is 0 Å². The van der Waals surface area contributed by atoms with E-state index in [0.717, 1.165) is 0 Å². The second-order valence-electron chi connectivity index (χ2n) is 2.25. The first-order valence-electron chi connectivity index (χ1n) is 6.28. The minimum Gasteiger partial charge on any atom is -0.299 e. The molecule has 11 heavy (non-hydrogen) atoms. The maximum Gasteiger partial charge on any atom is 0.137 e. The van der Waals surface area contributed by atoms with Crippen LogP contribution in [0.1, 0.15) is 25.7 Å². The molecule has 0 fully saturated rings. The lowest BCUT2D eigenvalue weighted by Crippen LogP contribution is -2.12. The fourth-order valence-electron chi connectivity index (χ4n) is 0.979. The summed E-state index contributed by atoms with van der Waals surface area (Å²) in [6.07, 6.45) is -7.89. The monoisotopic (exact) mass is 152 g/mol. The van der Waals surface area contributed by atoms with E-state index in [-0.39, 0.29) is 11.1 Å². The summed E-state index contributed by atoms with van der Waals surface area (Å²) in [5.41, 5.74) is -0.195. The van der Waals surface area contributed by atoms with Crippen molar-refractivity contribution in [3.05, 3.63) is 35.4 Å². The highest BCUT2D eigenvalue weighted by Gasteiger charge is 2.13. The van der Waals surface area contributed by atoms with E-state index in [2.05, 4.69) is 0 Å². The van der Waals surface area contributed by atoms with Gasteiger partial charge in [-0.1, -0.05) is 24.3 Å². The highest BCUT2D eigenvalue weighted by molar-refractivity contribution is 5.83. The molecule has 56 valence electrons. The fraction of sp³-hybridized carbons (Fsp3) is 0.300. The van der Waals surface area contributed by atoms with Gasteiger partial charge >= 0.3 is 0 Å². The lowest BCUT2D eigenvalue weighted by Gasteiger charge is -2.13. The number of ketones is 1. The third-order valence-corrected chi connectivity index (χ3v) is 1.49. The van der Waals surface area contributed by atoms with E-state index < -0.39 is 24.9 Å². The van der Waals surface area contributed by atoms with Crippen LogP contribution in [0.3, 0.4) is 0 Å². The summed E-state index contributed by atoms with van der Waals surface area (Å²) in [5, 5.41) is 0. The highest BCUT2D eigenvalue weighted by Crippen LogP contribution is 2.17. The molecule has 1 aliphatic carbocycles. The molecule has 0 N–H and O–H groups in total. The third-order valence-electron chi connectivity index (χ3n) is 1.49. The molecule has 0 spiro atoms. The fourth-order valence-corrected chi connectivity index (χ4v) is 0.979. The minimum atomic E-state index is -2.87. The second-order valence-corrected chi connectivity index (χ2v) is 2.25. The van der Waals surface area contributed by atoms with Crippen molar-refractivity contribution in [1.82, 2.24) is 0 Å². The van der Waals surface area contributed by atoms with Crippen LogP contribution in [-0.2, 0) is 17.5 Å². The molecule has 0 bridgehead atoms. The van der Waals surface area contributed by atoms with Crippen molar-refractivity contribution in [3.63, 3.8) is 0 Å². The van der Waals surface area contributed by atoms with Crippen molar-refractivity contribution in [2.45, 2.75) is 19.1 Å². The highest BCUT2D eigenvalue weighted by atomic mass is 16.1. The number of rotatable bonds is 0. The molecule has 1 aliphatic rings. The van der Waals surface area contributed by atoms with E-state index in [1.807, 2.05) is 0 Å². The zero-order chi connectivity index (χ0) is 13.1. The van der Waals surface area contributed by atoms with Crippen molar-refractivity contribution in [2.24, 2.45) is 0 Å². The van der Waals surface area contributed by atoms with Crippen LogP contribution >= 0.6 is 0 Å².